The van der Waals surface area contributed by atoms with Crippen LogP contribution in [0.25, 0.3) is 5.65 Å². The minimum Gasteiger partial charge on any atom is -0.283 e. The van der Waals surface area contributed by atoms with Crippen LogP contribution in [0.4, 0.5) is 0 Å². The summed E-state index contributed by atoms with van der Waals surface area (Å²) in [5, 5.41) is 8.38. The molecule has 2 aromatic heterocycles. The predicted octanol–water partition coefficient (Wildman–Crippen LogP) is 1.92. The van der Waals surface area contributed by atoms with E-state index in [1.807, 2.05) is 12.1 Å². The van der Waals surface area contributed by atoms with Gasteiger partial charge in [0.05, 0.1) is 0 Å². The van der Waals surface area contributed by atoms with Crippen LogP contribution in [0.5, 0.6) is 0 Å². The summed E-state index contributed by atoms with van der Waals surface area (Å²) in [6.45, 7) is 2.10. The summed E-state index contributed by atoms with van der Waals surface area (Å²) in [5.74, 6) is 1.81. The Balaban J connectivity index is 2.34. The van der Waals surface area contributed by atoms with E-state index in [0.717, 1.165) is 11.5 Å². The van der Waals surface area contributed by atoms with Crippen LogP contribution >= 0.6 is 0 Å². The quantitative estimate of drug-likeness (QED) is 0.659. The van der Waals surface area contributed by atoms with Crippen molar-refractivity contribution in [2.75, 3.05) is 0 Å². The highest BCUT2D eigenvalue weighted by molar-refractivity contribution is 5.40. The highest BCUT2D eigenvalue weighted by Gasteiger charge is 2.28. The number of fused-ring (bicyclic) bond motifs is 1. The van der Waals surface area contributed by atoms with Crippen molar-refractivity contribution in [3.8, 4) is 0 Å². The lowest BCUT2D eigenvalue weighted by Crippen LogP contribution is -1.95. The maximum atomic E-state index is 4.23. The summed E-state index contributed by atoms with van der Waals surface area (Å²) in [6.07, 6.45) is 2.55. The van der Waals surface area contributed by atoms with Crippen LogP contribution in [0.3, 0.4) is 0 Å². The van der Waals surface area contributed by atoms with Gasteiger partial charge in [-0.2, -0.15) is 0 Å². The molecule has 0 saturated heterocycles. The summed E-state index contributed by atoms with van der Waals surface area (Å²) in [6, 6.07) is 6.13. The average molecular weight is 173 g/mol. The first-order valence-corrected chi connectivity index (χ1v) is 4.67. The van der Waals surface area contributed by atoms with Gasteiger partial charge < -0.3 is 0 Å². The van der Waals surface area contributed by atoms with E-state index in [1.54, 1.807) is 0 Å². The molecule has 0 atom stereocenters. The number of aryl methyl sites for hydroxylation is 1. The molecule has 0 bridgehead atoms. The molecule has 0 spiro atoms. The predicted molar refractivity (Wildman–Crippen MR) is 49.7 cm³/mol. The molecule has 3 heteroatoms. The van der Waals surface area contributed by atoms with E-state index in [4.69, 9.17) is 0 Å². The average Bonchev–Trinajstić information content (AvgIpc) is 2.87. The van der Waals surface area contributed by atoms with E-state index in [1.165, 1.54) is 18.5 Å². The van der Waals surface area contributed by atoms with Crippen molar-refractivity contribution in [2.45, 2.75) is 25.7 Å². The Bertz CT molecular complexity index is 454. The number of aromatic nitrogens is 3. The second-order valence-electron chi connectivity index (χ2n) is 3.69. The van der Waals surface area contributed by atoms with Gasteiger partial charge in [0.1, 0.15) is 5.82 Å². The second kappa shape index (κ2) is 2.31. The molecule has 66 valence electrons. The molecule has 3 nitrogen and oxygen atoms in total. The Labute approximate surface area is 76.4 Å². The summed E-state index contributed by atoms with van der Waals surface area (Å²) in [5.41, 5.74) is 2.20. The maximum Gasteiger partial charge on any atom is 0.160 e. The number of rotatable bonds is 1. The highest BCUT2D eigenvalue weighted by Crippen LogP contribution is 2.39. The number of nitrogens with zero attached hydrogens (tertiary/aromatic N) is 3. The van der Waals surface area contributed by atoms with E-state index >= 15 is 0 Å². The number of hydrogen-bond acceptors (Lipinski definition) is 2. The molecule has 1 aliphatic rings. The second-order valence-corrected chi connectivity index (χ2v) is 3.69. The fourth-order valence-electron chi connectivity index (χ4n) is 1.73. The smallest absolute Gasteiger partial charge is 0.160 e. The minimum atomic E-state index is 0.663. The van der Waals surface area contributed by atoms with Gasteiger partial charge >= 0.3 is 0 Å². The van der Waals surface area contributed by atoms with Crippen molar-refractivity contribution in [1.82, 2.24) is 14.6 Å². The molecule has 13 heavy (non-hydrogen) atoms. The Morgan fingerprint density at radius 2 is 2.15 bits per heavy atom. The fraction of sp³-hybridized carbons (Fsp3) is 0.400. The molecule has 1 saturated carbocycles. The van der Waals surface area contributed by atoms with Crippen LogP contribution in [-0.2, 0) is 0 Å². The van der Waals surface area contributed by atoms with Crippen molar-refractivity contribution >= 4 is 5.65 Å². The molecule has 0 N–H and O–H groups in total. The zero-order valence-electron chi connectivity index (χ0n) is 7.57. The third-order valence-electron chi connectivity index (χ3n) is 2.59. The van der Waals surface area contributed by atoms with E-state index in [9.17, 15) is 0 Å². The van der Waals surface area contributed by atoms with Crippen molar-refractivity contribution in [3.05, 3.63) is 29.7 Å². The highest BCUT2D eigenvalue weighted by atomic mass is 15.3. The van der Waals surface area contributed by atoms with Gasteiger partial charge in [-0.05, 0) is 31.9 Å². The summed E-state index contributed by atoms with van der Waals surface area (Å²) in [7, 11) is 0. The molecule has 3 rings (SSSR count). The lowest BCUT2D eigenvalue weighted by Gasteiger charge is -2.00. The number of pyridine rings is 1. The van der Waals surface area contributed by atoms with Crippen LogP contribution < -0.4 is 0 Å². The van der Waals surface area contributed by atoms with Crippen LogP contribution in [0.15, 0.2) is 18.2 Å². The Hall–Kier alpha value is -1.38. The van der Waals surface area contributed by atoms with Gasteiger partial charge in [-0.25, -0.2) is 0 Å². The van der Waals surface area contributed by atoms with Gasteiger partial charge in [0, 0.05) is 11.6 Å². The number of hydrogen-bond donors (Lipinski definition) is 0. The van der Waals surface area contributed by atoms with Gasteiger partial charge in [-0.3, -0.25) is 4.40 Å². The molecule has 1 aliphatic carbocycles. The maximum absolute atomic E-state index is 4.23. The Morgan fingerprint density at radius 1 is 1.31 bits per heavy atom. The van der Waals surface area contributed by atoms with Gasteiger partial charge in [-0.1, -0.05) is 6.07 Å². The molecule has 0 aliphatic heterocycles. The van der Waals surface area contributed by atoms with Gasteiger partial charge in [0.25, 0.3) is 0 Å². The molecule has 2 heterocycles. The van der Waals surface area contributed by atoms with Crippen LogP contribution in [0, 0.1) is 6.92 Å². The third-order valence-corrected chi connectivity index (χ3v) is 2.59. The van der Waals surface area contributed by atoms with Crippen LogP contribution in [-0.4, -0.2) is 14.6 Å². The normalized spacial score (nSPS) is 16.7. The molecule has 0 amide bonds. The van der Waals surface area contributed by atoms with Gasteiger partial charge in [0.15, 0.2) is 5.65 Å². The molecular formula is C10H11N3. The summed E-state index contributed by atoms with van der Waals surface area (Å²) >= 11 is 0. The minimum absolute atomic E-state index is 0.663. The molecule has 0 radical (unpaired) electrons. The monoisotopic (exact) mass is 173 g/mol. The Kier molecular flexibility index (Phi) is 1.26. The van der Waals surface area contributed by atoms with Crippen molar-refractivity contribution in [2.24, 2.45) is 0 Å². The van der Waals surface area contributed by atoms with E-state index in [2.05, 4.69) is 27.6 Å². The van der Waals surface area contributed by atoms with E-state index in [0.29, 0.717) is 5.92 Å². The van der Waals surface area contributed by atoms with Gasteiger partial charge in [-0.15, -0.1) is 10.2 Å². The zero-order valence-corrected chi connectivity index (χ0v) is 7.57. The van der Waals surface area contributed by atoms with Crippen molar-refractivity contribution < 1.29 is 0 Å². The van der Waals surface area contributed by atoms with Crippen molar-refractivity contribution in [1.29, 1.82) is 0 Å². The zero-order chi connectivity index (χ0) is 8.84. The summed E-state index contributed by atoms with van der Waals surface area (Å²) < 4.78 is 2.16. The first-order valence-electron chi connectivity index (χ1n) is 4.67. The molecule has 0 aromatic carbocycles. The molecule has 0 unspecified atom stereocenters. The molecule has 1 fully saturated rings. The lowest BCUT2D eigenvalue weighted by molar-refractivity contribution is 0.880. The van der Waals surface area contributed by atoms with E-state index < -0.39 is 0 Å². The van der Waals surface area contributed by atoms with Crippen LogP contribution in [0.1, 0.15) is 30.3 Å². The fourth-order valence-corrected chi connectivity index (χ4v) is 1.73. The molecular weight excluding hydrogens is 162 g/mol. The van der Waals surface area contributed by atoms with Crippen LogP contribution in [0.2, 0.25) is 0 Å². The van der Waals surface area contributed by atoms with Gasteiger partial charge in [0.2, 0.25) is 0 Å². The SMILES string of the molecule is Cc1cccc2nnc(C3CC3)n12. The third kappa shape index (κ3) is 0.963. The lowest BCUT2D eigenvalue weighted by atomic mass is 10.3. The first kappa shape index (κ1) is 7.06. The largest absolute Gasteiger partial charge is 0.283 e. The van der Waals surface area contributed by atoms with Crippen molar-refractivity contribution in [3.63, 3.8) is 0 Å². The van der Waals surface area contributed by atoms with E-state index in [-0.39, 0.29) is 0 Å². The summed E-state index contributed by atoms with van der Waals surface area (Å²) in [4.78, 5) is 0. The topological polar surface area (TPSA) is 30.2 Å². The standard InChI is InChI=1S/C10H11N3/c1-7-3-2-4-9-11-12-10(13(7)9)8-5-6-8/h2-4,8H,5-6H2,1H3. The molecule has 2 aromatic rings. The Morgan fingerprint density at radius 3 is 2.92 bits per heavy atom. The first-order chi connectivity index (χ1) is 6.36.